The van der Waals surface area contributed by atoms with Gasteiger partial charge in [0.15, 0.2) is 0 Å². The van der Waals surface area contributed by atoms with Crippen LogP contribution >= 0.6 is 23.2 Å². The average Bonchev–Trinajstić information content (AvgIpc) is 3.45. The molecule has 218 valence electrons. The van der Waals surface area contributed by atoms with Crippen molar-refractivity contribution in [2.75, 3.05) is 10.8 Å². The molecule has 0 radical (unpaired) electrons. The maximum atomic E-state index is 14.0. The predicted molar refractivity (Wildman–Crippen MR) is 159 cm³/mol. The van der Waals surface area contributed by atoms with Crippen molar-refractivity contribution in [3.63, 3.8) is 0 Å². The third-order valence-electron chi connectivity index (χ3n) is 7.26. The third-order valence-corrected chi connectivity index (χ3v) is 9.76. The second kappa shape index (κ2) is 13.2. The van der Waals surface area contributed by atoms with Crippen LogP contribution in [0.3, 0.4) is 0 Å². The van der Waals surface area contributed by atoms with Gasteiger partial charge < -0.3 is 10.2 Å². The zero-order valence-corrected chi connectivity index (χ0v) is 25.1. The molecular formula is C30H32Cl2FN3O4S. The number of hydrogen-bond acceptors (Lipinski definition) is 4. The van der Waals surface area contributed by atoms with E-state index >= 15 is 0 Å². The van der Waals surface area contributed by atoms with Crippen molar-refractivity contribution < 1.29 is 22.4 Å². The van der Waals surface area contributed by atoms with Crippen LogP contribution in [0.25, 0.3) is 0 Å². The molecule has 2 amide bonds. The van der Waals surface area contributed by atoms with Crippen molar-refractivity contribution in [3.05, 3.63) is 93.7 Å². The number of hydrogen-bond donors (Lipinski definition) is 1. The van der Waals surface area contributed by atoms with Crippen LogP contribution in [-0.4, -0.2) is 43.8 Å². The first kappa shape index (κ1) is 30.8. The maximum absolute atomic E-state index is 14.0. The summed E-state index contributed by atoms with van der Waals surface area (Å²) in [4.78, 5) is 28.6. The summed E-state index contributed by atoms with van der Waals surface area (Å²) >= 11 is 12.8. The molecule has 1 aliphatic rings. The van der Waals surface area contributed by atoms with Crippen LogP contribution in [0, 0.1) is 12.7 Å². The largest absolute Gasteiger partial charge is 0.352 e. The number of aryl methyl sites for hydroxylation is 1. The minimum absolute atomic E-state index is 0.0171. The van der Waals surface area contributed by atoms with Crippen molar-refractivity contribution in [2.45, 2.75) is 63.1 Å². The first-order valence-electron chi connectivity index (χ1n) is 13.3. The number of sulfonamides is 1. The molecule has 3 aromatic carbocycles. The van der Waals surface area contributed by atoms with Gasteiger partial charge in [-0.15, -0.1) is 0 Å². The lowest BCUT2D eigenvalue weighted by atomic mass is 10.1. The number of carbonyl (C=O) groups is 2. The molecule has 1 N–H and O–H groups in total. The molecule has 1 aliphatic carbocycles. The van der Waals surface area contributed by atoms with Gasteiger partial charge in [-0.1, -0.05) is 59.8 Å². The molecule has 0 heterocycles. The molecule has 11 heteroatoms. The second-order valence-electron chi connectivity index (χ2n) is 10.2. The normalized spacial score (nSPS) is 14.5. The van der Waals surface area contributed by atoms with Gasteiger partial charge in [-0.2, -0.15) is 0 Å². The number of amides is 2. The van der Waals surface area contributed by atoms with Gasteiger partial charge in [0.25, 0.3) is 10.0 Å². The summed E-state index contributed by atoms with van der Waals surface area (Å²) in [5.74, 6) is -1.57. The quantitative estimate of drug-likeness (QED) is 0.296. The summed E-state index contributed by atoms with van der Waals surface area (Å²) in [5.41, 5.74) is 1.39. The van der Waals surface area contributed by atoms with Crippen LogP contribution in [-0.2, 0) is 26.2 Å². The Labute approximate surface area is 250 Å². The smallest absolute Gasteiger partial charge is 0.264 e. The van der Waals surface area contributed by atoms with Crippen molar-refractivity contribution in [2.24, 2.45) is 0 Å². The lowest BCUT2D eigenvalue weighted by Crippen LogP contribution is -2.52. The Bertz CT molecular complexity index is 1470. The maximum Gasteiger partial charge on any atom is 0.264 e. The van der Waals surface area contributed by atoms with Gasteiger partial charge in [0, 0.05) is 28.2 Å². The topological polar surface area (TPSA) is 86.8 Å². The van der Waals surface area contributed by atoms with E-state index in [0.29, 0.717) is 15.6 Å². The number of nitrogens with zero attached hydrogens (tertiary/aromatic N) is 2. The van der Waals surface area contributed by atoms with E-state index in [4.69, 9.17) is 23.2 Å². The molecular weight excluding hydrogens is 588 g/mol. The zero-order chi connectivity index (χ0) is 29.7. The number of anilines is 1. The summed E-state index contributed by atoms with van der Waals surface area (Å²) in [6.45, 7) is 2.64. The lowest BCUT2D eigenvalue weighted by molar-refractivity contribution is -0.139. The first-order chi connectivity index (χ1) is 19.5. The Morgan fingerprint density at radius 1 is 0.976 bits per heavy atom. The molecule has 3 aromatic rings. The molecule has 4 rings (SSSR count). The number of rotatable bonds is 10. The minimum atomic E-state index is -4.26. The highest BCUT2D eigenvalue weighted by Crippen LogP contribution is 2.29. The summed E-state index contributed by atoms with van der Waals surface area (Å²) in [6, 6.07) is 15.0. The van der Waals surface area contributed by atoms with E-state index in [0.717, 1.165) is 47.7 Å². The Morgan fingerprint density at radius 3 is 2.15 bits per heavy atom. The number of benzene rings is 3. The Hall–Kier alpha value is -3.14. The summed E-state index contributed by atoms with van der Waals surface area (Å²) in [6.07, 6.45) is 3.74. The SMILES string of the molecule is Cc1ccc(S(=O)(=O)N(CC(=O)N(Cc2c(Cl)cccc2Cl)[C@@H](C)C(=O)NC2CCCC2)c2ccc(F)cc2)cc1. The molecule has 41 heavy (non-hydrogen) atoms. The van der Waals surface area contributed by atoms with Gasteiger partial charge in [0.05, 0.1) is 10.6 Å². The number of carbonyl (C=O) groups excluding carboxylic acids is 2. The van der Waals surface area contributed by atoms with Gasteiger partial charge in [-0.3, -0.25) is 13.9 Å². The average molecular weight is 621 g/mol. The van der Waals surface area contributed by atoms with Gasteiger partial charge in [0.1, 0.15) is 18.4 Å². The minimum Gasteiger partial charge on any atom is -0.352 e. The van der Waals surface area contributed by atoms with Crippen LogP contribution in [0.1, 0.15) is 43.7 Å². The third kappa shape index (κ3) is 7.39. The number of nitrogens with one attached hydrogen (secondary N) is 1. The standard InChI is InChI=1S/C30H32Cl2FN3O4S/c1-20-10-16-25(17-11-20)41(39,40)36(24-14-12-22(33)13-15-24)19-29(37)35(18-26-27(31)8-5-9-28(26)32)21(2)30(38)34-23-6-3-4-7-23/h5,8-17,21,23H,3-4,6-7,18-19H2,1-2H3,(H,34,38)/t21-/m0/s1. The van der Waals surface area contributed by atoms with Crippen LogP contribution in [0.2, 0.25) is 10.0 Å². The molecule has 0 bridgehead atoms. The highest BCUT2D eigenvalue weighted by atomic mass is 35.5. The lowest BCUT2D eigenvalue weighted by Gasteiger charge is -2.33. The van der Waals surface area contributed by atoms with Crippen molar-refractivity contribution in [3.8, 4) is 0 Å². The molecule has 0 aromatic heterocycles. The van der Waals surface area contributed by atoms with Crippen molar-refractivity contribution in [1.29, 1.82) is 0 Å². The zero-order valence-electron chi connectivity index (χ0n) is 22.8. The fraction of sp³-hybridized carbons (Fsp3) is 0.333. The fourth-order valence-corrected chi connectivity index (χ4v) is 6.73. The van der Waals surface area contributed by atoms with Crippen molar-refractivity contribution >= 4 is 50.7 Å². The van der Waals surface area contributed by atoms with E-state index in [1.165, 1.54) is 29.2 Å². The molecule has 0 unspecified atom stereocenters. The second-order valence-corrected chi connectivity index (χ2v) is 12.9. The van der Waals surface area contributed by atoms with E-state index in [9.17, 15) is 22.4 Å². The molecule has 0 spiro atoms. The molecule has 1 fully saturated rings. The first-order valence-corrected chi connectivity index (χ1v) is 15.5. The summed E-state index contributed by atoms with van der Waals surface area (Å²) in [5, 5.41) is 3.62. The molecule has 0 aliphatic heterocycles. The Balaban J connectivity index is 1.71. The number of halogens is 3. The van der Waals surface area contributed by atoms with E-state index in [2.05, 4.69) is 5.32 Å². The summed E-state index contributed by atoms with van der Waals surface area (Å²) in [7, 11) is -4.26. The molecule has 7 nitrogen and oxygen atoms in total. The van der Waals surface area contributed by atoms with Gasteiger partial charge in [-0.05, 0) is 75.2 Å². The molecule has 1 saturated carbocycles. The Kier molecular flexibility index (Phi) is 9.94. The van der Waals surface area contributed by atoms with Crippen LogP contribution < -0.4 is 9.62 Å². The van der Waals surface area contributed by atoms with Crippen LogP contribution in [0.15, 0.2) is 71.6 Å². The van der Waals surface area contributed by atoms with E-state index in [-0.39, 0.29) is 29.1 Å². The van der Waals surface area contributed by atoms with Crippen LogP contribution in [0.4, 0.5) is 10.1 Å². The van der Waals surface area contributed by atoms with Crippen LogP contribution in [0.5, 0.6) is 0 Å². The monoisotopic (exact) mass is 619 g/mol. The van der Waals surface area contributed by atoms with E-state index in [1.54, 1.807) is 37.3 Å². The van der Waals surface area contributed by atoms with Gasteiger partial charge in [0.2, 0.25) is 11.8 Å². The summed E-state index contributed by atoms with van der Waals surface area (Å²) < 4.78 is 42.3. The van der Waals surface area contributed by atoms with E-state index < -0.39 is 34.3 Å². The predicted octanol–water partition coefficient (Wildman–Crippen LogP) is 6.11. The van der Waals surface area contributed by atoms with Gasteiger partial charge >= 0.3 is 0 Å². The molecule has 1 atom stereocenters. The highest BCUT2D eigenvalue weighted by molar-refractivity contribution is 7.92. The molecule has 0 saturated heterocycles. The fourth-order valence-electron chi connectivity index (χ4n) is 4.80. The van der Waals surface area contributed by atoms with E-state index in [1.807, 2.05) is 6.92 Å². The van der Waals surface area contributed by atoms with Crippen molar-refractivity contribution in [1.82, 2.24) is 10.2 Å². The van der Waals surface area contributed by atoms with Gasteiger partial charge in [-0.25, -0.2) is 12.8 Å². The Morgan fingerprint density at radius 2 is 1.56 bits per heavy atom. The highest BCUT2D eigenvalue weighted by Gasteiger charge is 2.34.